The minimum atomic E-state index is -4.74. The van der Waals surface area contributed by atoms with Crippen molar-refractivity contribution in [2.24, 2.45) is 0 Å². The van der Waals surface area contributed by atoms with Crippen LogP contribution in [-0.4, -0.2) is 77.9 Å². The summed E-state index contributed by atoms with van der Waals surface area (Å²) >= 11 is 0. The topological polar surface area (TPSA) is 194 Å². The summed E-state index contributed by atoms with van der Waals surface area (Å²) in [5, 5.41) is 0.547. The first-order valence-corrected chi connectivity index (χ1v) is 25.2. The predicted molar refractivity (Wildman–Crippen MR) is 244 cm³/mol. The van der Waals surface area contributed by atoms with Crippen molar-refractivity contribution in [3.8, 4) is 5.75 Å². The standard InChI is InChI=1S/C50H56N3O11S2.3Na/c1-49(2)39-20-10-11-21-41(39)51(32-13-14-33-65(57,58)59)43(49)27-23-35-16-15-17-36(48(35)63-37-18-7-5-8-19-37)24-28-44-50(3,4)40-34-38(66(60,61)62)25-26-42(40)52(44)31-12-6-9-22-47(56)64-53-45(54)29-30-46(53)55;;;/h7-8,11,18-21,23-28,34H,6,9,12-17,22,29-33H2,1-4H3,(H,57,58,59)(H,60,61,62);;;/q-1;3*+1/p-2. The number of amides is 2. The molecule has 0 aromatic heterocycles. The average Bonchev–Trinajstić information content (AvgIpc) is 3.78. The van der Waals surface area contributed by atoms with E-state index < -0.39 is 54.6 Å². The van der Waals surface area contributed by atoms with Crippen LogP contribution in [0.5, 0.6) is 5.75 Å². The molecule has 3 heterocycles. The zero-order chi connectivity index (χ0) is 47.4. The molecule has 0 atom stereocenters. The summed E-state index contributed by atoms with van der Waals surface area (Å²) in [6.07, 6.45) is 13.0. The molecule has 3 aromatic rings. The first kappa shape index (κ1) is 58.9. The Kier molecular flexibility index (Phi) is 21.2. The summed E-state index contributed by atoms with van der Waals surface area (Å²) in [4.78, 5) is 43.1. The largest absolute Gasteiger partial charge is 1.00 e. The van der Waals surface area contributed by atoms with E-state index in [9.17, 15) is 40.3 Å². The molecule has 3 aliphatic heterocycles. The second-order valence-corrected chi connectivity index (χ2v) is 20.9. The summed E-state index contributed by atoms with van der Waals surface area (Å²) in [7, 11) is -9.07. The molecule has 0 N–H and O–H groups in total. The smallest absolute Gasteiger partial charge is 0.748 e. The first-order valence-electron chi connectivity index (χ1n) is 22.3. The fraction of sp³-hybridized carbons (Fsp3) is 0.400. The van der Waals surface area contributed by atoms with Gasteiger partial charge in [0.25, 0.3) is 11.8 Å². The van der Waals surface area contributed by atoms with Crippen molar-refractivity contribution in [1.82, 2.24) is 5.06 Å². The Morgan fingerprint density at radius 1 is 0.797 bits per heavy atom. The van der Waals surface area contributed by atoms with Crippen LogP contribution in [0.3, 0.4) is 0 Å². The van der Waals surface area contributed by atoms with Crippen molar-refractivity contribution in [3.63, 3.8) is 0 Å². The molecule has 3 aromatic carbocycles. The van der Waals surface area contributed by atoms with Gasteiger partial charge in [-0.3, -0.25) is 9.59 Å². The molecule has 7 rings (SSSR count). The third-order valence-corrected chi connectivity index (χ3v) is 14.3. The minimum absolute atomic E-state index is 0. The van der Waals surface area contributed by atoms with E-state index in [1.54, 1.807) is 18.2 Å². The van der Waals surface area contributed by atoms with Crippen molar-refractivity contribution in [1.29, 1.82) is 0 Å². The normalized spacial score (nSPS) is 18.6. The Labute approximate surface area is 472 Å². The molecule has 19 heteroatoms. The minimum Gasteiger partial charge on any atom is -0.748 e. The van der Waals surface area contributed by atoms with Gasteiger partial charge < -0.3 is 23.6 Å². The maximum absolute atomic E-state index is 12.5. The number of allylic oxidation sites excluding steroid dienone is 7. The van der Waals surface area contributed by atoms with E-state index in [2.05, 4.69) is 47.6 Å². The van der Waals surface area contributed by atoms with Gasteiger partial charge in [0, 0.05) is 72.0 Å². The van der Waals surface area contributed by atoms with Gasteiger partial charge in [-0.15, -0.1) is 23.3 Å². The van der Waals surface area contributed by atoms with Crippen LogP contribution in [0.1, 0.15) is 109 Å². The molecular formula is C50H54N3Na3O11S2. The van der Waals surface area contributed by atoms with Crippen molar-refractivity contribution in [3.05, 3.63) is 131 Å². The van der Waals surface area contributed by atoms with Crippen LogP contribution in [0.2, 0.25) is 0 Å². The number of fused-ring (bicyclic) bond motifs is 2. The third kappa shape index (κ3) is 14.1. The van der Waals surface area contributed by atoms with Gasteiger partial charge in [0.05, 0.1) is 15.0 Å². The number of carbonyl (C=O) groups is 3. The molecule has 1 fully saturated rings. The van der Waals surface area contributed by atoms with Crippen LogP contribution in [0.25, 0.3) is 0 Å². The second kappa shape index (κ2) is 24.8. The van der Waals surface area contributed by atoms with E-state index in [1.165, 1.54) is 12.1 Å². The van der Waals surface area contributed by atoms with Gasteiger partial charge in [-0.25, -0.2) is 26.2 Å². The zero-order valence-corrected chi connectivity index (χ0v) is 48.3. The molecule has 4 aliphatic rings. The van der Waals surface area contributed by atoms with Gasteiger partial charge in [-0.2, -0.15) is 36.4 Å². The molecule has 69 heavy (non-hydrogen) atoms. The van der Waals surface area contributed by atoms with Crippen molar-refractivity contribution < 1.29 is 143 Å². The van der Waals surface area contributed by atoms with Crippen molar-refractivity contribution >= 4 is 55.1 Å². The zero-order valence-electron chi connectivity index (χ0n) is 40.6. The van der Waals surface area contributed by atoms with E-state index in [1.807, 2.05) is 56.3 Å². The Bertz CT molecular complexity index is 2790. The number of anilines is 1. The molecule has 2 amide bonds. The van der Waals surface area contributed by atoms with Gasteiger partial charge in [-0.1, -0.05) is 45.8 Å². The summed E-state index contributed by atoms with van der Waals surface area (Å²) in [6, 6.07) is 23.8. The van der Waals surface area contributed by atoms with Gasteiger partial charge in [0.15, 0.2) is 5.71 Å². The molecule has 1 aliphatic carbocycles. The van der Waals surface area contributed by atoms with Gasteiger partial charge in [0.2, 0.25) is 0 Å². The number of ether oxygens (including phenoxy) is 1. The molecule has 14 nitrogen and oxygen atoms in total. The number of hydrogen-bond acceptors (Lipinski definition) is 12. The van der Waals surface area contributed by atoms with Crippen molar-refractivity contribution in [2.45, 2.75) is 114 Å². The maximum Gasteiger partial charge on any atom is 1.00 e. The number of unbranched alkanes of at least 4 members (excludes halogenated alkanes) is 3. The molecule has 0 bridgehead atoms. The number of imide groups is 1. The monoisotopic (exact) mass is 1010 g/mol. The second-order valence-electron chi connectivity index (χ2n) is 18.0. The summed E-state index contributed by atoms with van der Waals surface area (Å²) < 4.78 is 79.7. The van der Waals surface area contributed by atoms with Crippen LogP contribution in [0, 0.1) is 12.1 Å². The number of carbonyl (C=O) groups excluding carboxylic acids is 3. The Morgan fingerprint density at radius 2 is 1.49 bits per heavy atom. The van der Waals surface area contributed by atoms with Crippen LogP contribution in [0.15, 0.2) is 112 Å². The van der Waals surface area contributed by atoms with E-state index in [0.29, 0.717) is 67.3 Å². The number of hydrogen-bond donors (Lipinski definition) is 0. The van der Waals surface area contributed by atoms with E-state index in [4.69, 9.17) is 9.57 Å². The summed E-state index contributed by atoms with van der Waals surface area (Å²) in [5.41, 5.74) is 6.16. The summed E-state index contributed by atoms with van der Waals surface area (Å²) in [5.74, 6) is -0.826. The number of rotatable bonds is 18. The molecule has 350 valence electrons. The number of hydroxylamine groups is 2. The maximum atomic E-state index is 12.5. The molecule has 0 saturated carbocycles. The predicted octanol–water partition coefficient (Wildman–Crippen LogP) is -1.25. The Balaban J connectivity index is 0.00000346. The van der Waals surface area contributed by atoms with Crippen LogP contribution >= 0.6 is 0 Å². The molecule has 0 spiro atoms. The molecule has 1 saturated heterocycles. The van der Waals surface area contributed by atoms with Crippen LogP contribution < -0.4 is 98.3 Å². The van der Waals surface area contributed by atoms with Gasteiger partial charge in [0.1, 0.15) is 28.1 Å². The van der Waals surface area contributed by atoms with Crippen LogP contribution in [0.4, 0.5) is 11.4 Å². The first-order chi connectivity index (χ1) is 31.3. The van der Waals surface area contributed by atoms with E-state index in [-0.39, 0.29) is 119 Å². The Hall–Kier alpha value is -2.68. The van der Waals surface area contributed by atoms with Gasteiger partial charge >= 0.3 is 94.6 Å². The average molecular weight is 1010 g/mol. The van der Waals surface area contributed by atoms with Crippen LogP contribution in [-0.2, 0) is 50.3 Å². The van der Waals surface area contributed by atoms with Crippen molar-refractivity contribution in [2.75, 3.05) is 23.7 Å². The Morgan fingerprint density at radius 3 is 2.17 bits per heavy atom. The van der Waals surface area contributed by atoms with E-state index in [0.717, 1.165) is 52.3 Å². The quantitative estimate of drug-likeness (QED) is 0.0368. The number of nitrogens with zero attached hydrogens (tertiary/aromatic N) is 3. The third-order valence-electron chi connectivity index (χ3n) is 12.6. The van der Waals surface area contributed by atoms with Gasteiger partial charge in [-0.05, 0) is 85.6 Å². The molecular weight excluding hydrogens is 952 g/mol. The molecule has 0 radical (unpaired) electrons. The fourth-order valence-corrected chi connectivity index (χ4v) is 10.2. The molecule has 0 unspecified atom stereocenters. The summed E-state index contributed by atoms with van der Waals surface area (Å²) in [6.45, 7) is 9.27. The SMILES string of the molecule is CC1(C)C(/C=C/C2=C(Oc3cc[c-]cc3)C(=C/C=C3/N(CCCCCC(=O)ON4C(=O)CCC4=O)c4ccc(S(=O)(=O)[O-])cc4C3(C)C)/CCC2)=[N+](CCCCS(=O)(=O)[O-])c2cc[c-]cc21.[Na+].[Na+].[Na+]. The fourth-order valence-electron chi connectivity index (χ4n) is 9.19. The van der Waals surface area contributed by atoms with E-state index >= 15 is 0 Å². The number of benzene rings is 3.